The summed E-state index contributed by atoms with van der Waals surface area (Å²) in [4.78, 5) is 77.1. The van der Waals surface area contributed by atoms with E-state index in [1.807, 2.05) is 48.5 Å². The molecule has 0 aliphatic heterocycles. The lowest BCUT2D eigenvalue weighted by molar-refractivity contribution is -0.384. The molecule has 0 fully saturated rings. The van der Waals surface area contributed by atoms with E-state index in [9.17, 15) is 34.1 Å². The second kappa shape index (κ2) is 21.0. The number of nitrogens with zero attached hydrogens (tertiary/aromatic N) is 2. The molecular weight excluding hydrogens is 789 g/mol. The van der Waals surface area contributed by atoms with E-state index in [1.54, 1.807) is 32.0 Å². The molecule has 4 aromatic carbocycles. The minimum absolute atomic E-state index is 0.0283. The zero-order valence-electron chi connectivity index (χ0n) is 33.8. The van der Waals surface area contributed by atoms with E-state index in [0.717, 1.165) is 22.3 Å². The molecule has 1 aliphatic carbocycles. The van der Waals surface area contributed by atoms with Crippen LogP contribution in [0.3, 0.4) is 0 Å². The maximum atomic E-state index is 14.1. The SMILES string of the molecule is C#CCOCc1cc(NC(=O)[C@H](CCCNC(N)=O)NC(=O)[C@H](C(C)C)N(C)C(=O)OC2c3ccccc3-c3ccccc32)ccc1COC(=O)Oc1ccc([N+](=O)[O-])cc1. The van der Waals surface area contributed by atoms with E-state index in [0.29, 0.717) is 16.8 Å². The van der Waals surface area contributed by atoms with E-state index in [-0.39, 0.29) is 50.6 Å². The van der Waals surface area contributed by atoms with Crippen LogP contribution >= 0.6 is 0 Å². The van der Waals surface area contributed by atoms with Crippen LogP contribution < -0.4 is 26.4 Å². The van der Waals surface area contributed by atoms with E-state index < -0.39 is 59.1 Å². The standard InChI is InChI=1S/C44H46N6O11/c1-5-23-58-25-29-24-30(17-16-28(29)26-59-44(55)60-32-20-18-31(19-21-32)50(56)57)47-40(51)37(15-10-22-46-42(45)53)48-41(52)38(27(2)3)49(4)43(54)61-39-35-13-8-6-11-33(35)34-12-7-9-14-36(34)39/h1,6-9,11-14,16-21,24,27,37-39H,10,15,22-23,25-26H2,2-4H3,(H,47,51)(H,48,52)(H3,45,46,53)/t37-,38-/m0/s1. The van der Waals surface area contributed by atoms with E-state index in [1.165, 1.54) is 36.2 Å². The molecule has 0 radical (unpaired) electrons. The quantitative estimate of drug-likeness (QED) is 0.0220. The molecule has 5 N–H and O–H groups in total. The first-order valence-electron chi connectivity index (χ1n) is 19.3. The number of nitrogens with two attached hydrogens (primary N) is 1. The van der Waals surface area contributed by atoms with E-state index in [4.69, 9.17) is 31.1 Å². The molecule has 5 rings (SSSR count). The average Bonchev–Trinajstić information content (AvgIpc) is 3.54. The van der Waals surface area contributed by atoms with Crippen LogP contribution in [0.15, 0.2) is 91.0 Å². The number of primary amides is 1. The number of ether oxygens (including phenoxy) is 4. The van der Waals surface area contributed by atoms with Gasteiger partial charge in [-0.2, -0.15) is 0 Å². The Morgan fingerprint density at radius 3 is 2.16 bits per heavy atom. The molecule has 0 saturated carbocycles. The van der Waals surface area contributed by atoms with Gasteiger partial charge in [0, 0.05) is 42.5 Å². The van der Waals surface area contributed by atoms with Crippen LogP contribution in [0.1, 0.15) is 55.0 Å². The van der Waals surface area contributed by atoms with Crippen LogP contribution in [-0.4, -0.2) is 72.2 Å². The predicted molar refractivity (Wildman–Crippen MR) is 223 cm³/mol. The highest BCUT2D eigenvalue weighted by molar-refractivity contribution is 5.98. The number of terminal acetylenes is 1. The summed E-state index contributed by atoms with van der Waals surface area (Å²) < 4.78 is 22.0. The van der Waals surface area contributed by atoms with Gasteiger partial charge in [-0.25, -0.2) is 14.4 Å². The van der Waals surface area contributed by atoms with Crippen molar-refractivity contribution in [1.82, 2.24) is 15.5 Å². The molecule has 2 atom stereocenters. The van der Waals surface area contributed by atoms with Gasteiger partial charge in [-0.15, -0.1) is 6.42 Å². The number of amides is 5. The van der Waals surface area contributed by atoms with Gasteiger partial charge >= 0.3 is 18.3 Å². The van der Waals surface area contributed by atoms with E-state index >= 15 is 0 Å². The zero-order valence-corrected chi connectivity index (χ0v) is 33.8. The normalized spacial score (nSPS) is 12.4. The predicted octanol–water partition coefficient (Wildman–Crippen LogP) is 6.20. The Labute approximate surface area is 352 Å². The summed E-state index contributed by atoms with van der Waals surface area (Å²) in [6.45, 7) is 3.32. The molecule has 5 amide bonds. The Morgan fingerprint density at radius 1 is 0.902 bits per heavy atom. The highest BCUT2D eigenvalue weighted by Gasteiger charge is 2.37. The van der Waals surface area contributed by atoms with Crippen molar-refractivity contribution in [1.29, 1.82) is 0 Å². The number of hydrogen-bond acceptors (Lipinski definition) is 11. The van der Waals surface area contributed by atoms with Gasteiger partial charge in [0.15, 0.2) is 6.10 Å². The van der Waals surface area contributed by atoms with Crippen LogP contribution in [0.5, 0.6) is 5.75 Å². The topological polar surface area (TPSA) is 231 Å². The number of rotatable bonds is 18. The number of urea groups is 1. The molecule has 4 aromatic rings. The molecule has 0 bridgehead atoms. The number of carbonyl (C=O) groups excluding carboxylic acids is 5. The van der Waals surface area contributed by atoms with Crippen molar-refractivity contribution in [3.8, 4) is 29.2 Å². The third-order valence-corrected chi connectivity index (χ3v) is 9.71. The number of benzene rings is 4. The summed E-state index contributed by atoms with van der Waals surface area (Å²) in [5.74, 6) is 0.776. The Balaban J connectivity index is 1.29. The lowest BCUT2D eigenvalue weighted by Crippen LogP contribution is -2.55. The molecule has 17 nitrogen and oxygen atoms in total. The van der Waals surface area contributed by atoms with Crippen LogP contribution in [0.2, 0.25) is 0 Å². The first-order valence-corrected chi connectivity index (χ1v) is 19.3. The third-order valence-electron chi connectivity index (χ3n) is 9.71. The number of likely N-dealkylation sites (N-methyl/N-ethyl adjacent to an activating group) is 1. The average molecular weight is 835 g/mol. The molecule has 17 heteroatoms. The van der Waals surface area contributed by atoms with Crippen molar-refractivity contribution in [2.24, 2.45) is 11.7 Å². The second-order valence-electron chi connectivity index (χ2n) is 14.3. The summed E-state index contributed by atoms with van der Waals surface area (Å²) in [6, 6.07) is 21.9. The van der Waals surface area contributed by atoms with Crippen LogP contribution in [0, 0.1) is 28.4 Å². The molecule has 0 aromatic heterocycles. The van der Waals surface area contributed by atoms with Crippen LogP contribution in [0.25, 0.3) is 11.1 Å². The molecule has 0 heterocycles. The molecule has 0 saturated heterocycles. The molecule has 0 spiro atoms. The summed E-state index contributed by atoms with van der Waals surface area (Å²) in [7, 11) is 1.47. The number of fused-ring (bicyclic) bond motifs is 3. The number of nitro benzene ring substituents is 1. The number of carbonyl (C=O) groups is 5. The van der Waals surface area contributed by atoms with Gasteiger partial charge in [-0.05, 0) is 65.3 Å². The van der Waals surface area contributed by atoms with Crippen molar-refractivity contribution >= 4 is 41.5 Å². The monoisotopic (exact) mass is 834 g/mol. The van der Waals surface area contributed by atoms with Gasteiger partial charge in [0.05, 0.1) is 11.5 Å². The van der Waals surface area contributed by atoms with Gasteiger partial charge in [-0.1, -0.05) is 74.4 Å². The Kier molecular flexibility index (Phi) is 15.4. The van der Waals surface area contributed by atoms with Gasteiger partial charge < -0.3 is 40.6 Å². The van der Waals surface area contributed by atoms with Crippen molar-refractivity contribution in [2.45, 2.75) is 58.1 Å². The van der Waals surface area contributed by atoms with Gasteiger partial charge in [0.1, 0.15) is 31.0 Å². The zero-order chi connectivity index (χ0) is 44.1. The molecule has 1 aliphatic rings. The fourth-order valence-corrected chi connectivity index (χ4v) is 6.83. The van der Waals surface area contributed by atoms with Crippen molar-refractivity contribution in [3.63, 3.8) is 0 Å². The summed E-state index contributed by atoms with van der Waals surface area (Å²) in [5, 5.41) is 19.0. The second-order valence-corrected chi connectivity index (χ2v) is 14.3. The molecule has 318 valence electrons. The Hall–Kier alpha value is -7.45. The largest absolute Gasteiger partial charge is 0.514 e. The van der Waals surface area contributed by atoms with Crippen molar-refractivity contribution in [3.05, 3.63) is 123 Å². The number of anilines is 1. The fourth-order valence-electron chi connectivity index (χ4n) is 6.83. The van der Waals surface area contributed by atoms with Crippen molar-refractivity contribution in [2.75, 3.05) is 25.5 Å². The maximum absolute atomic E-state index is 14.1. The van der Waals surface area contributed by atoms with Crippen LogP contribution in [-0.2, 0) is 37.0 Å². The smallest absolute Gasteiger partial charge is 0.436 e. The third kappa shape index (κ3) is 11.8. The molecular formula is C44H46N6O11. The van der Waals surface area contributed by atoms with Gasteiger partial charge in [0.2, 0.25) is 11.8 Å². The lowest BCUT2D eigenvalue weighted by atomic mass is 10.0. The first kappa shape index (κ1) is 44.6. The Morgan fingerprint density at radius 2 is 1.56 bits per heavy atom. The maximum Gasteiger partial charge on any atom is 0.514 e. The molecule has 0 unspecified atom stereocenters. The summed E-state index contributed by atoms with van der Waals surface area (Å²) in [5.41, 5.74) is 9.88. The summed E-state index contributed by atoms with van der Waals surface area (Å²) in [6.07, 6.45) is 3.20. The van der Waals surface area contributed by atoms with Gasteiger partial charge in [-0.3, -0.25) is 24.6 Å². The molecule has 61 heavy (non-hydrogen) atoms. The minimum atomic E-state index is -1.14. The van der Waals surface area contributed by atoms with Crippen molar-refractivity contribution < 1.29 is 47.8 Å². The highest BCUT2D eigenvalue weighted by atomic mass is 16.7. The van der Waals surface area contributed by atoms with E-state index in [2.05, 4.69) is 21.9 Å². The number of non-ortho nitro benzene ring substituents is 1. The number of nitro groups is 1. The number of hydrogen-bond donors (Lipinski definition) is 4. The Bertz CT molecular complexity index is 2250. The fraction of sp³-hybridized carbons (Fsp3) is 0.295. The minimum Gasteiger partial charge on any atom is -0.436 e. The first-order chi connectivity index (χ1) is 29.3. The lowest BCUT2D eigenvalue weighted by Gasteiger charge is -2.32. The van der Waals surface area contributed by atoms with Crippen LogP contribution in [0.4, 0.5) is 25.8 Å². The highest BCUT2D eigenvalue weighted by Crippen LogP contribution is 2.45. The summed E-state index contributed by atoms with van der Waals surface area (Å²) >= 11 is 0. The number of nitrogens with one attached hydrogen (secondary N) is 3. The van der Waals surface area contributed by atoms with Gasteiger partial charge in [0.25, 0.3) is 5.69 Å².